The summed E-state index contributed by atoms with van der Waals surface area (Å²) in [7, 11) is 0. The molecule has 0 radical (unpaired) electrons. The first-order valence-corrected chi connectivity index (χ1v) is 10.6. The van der Waals surface area contributed by atoms with E-state index in [0.717, 1.165) is 32.1 Å². The van der Waals surface area contributed by atoms with Crippen molar-refractivity contribution in [2.45, 2.75) is 137 Å². The Balaban J connectivity index is -0.000000372. The summed E-state index contributed by atoms with van der Waals surface area (Å²) in [6.07, 6.45) is 16.8. The summed E-state index contributed by atoms with van der Waals surface area (Å²) in [4.78, 5) is 0. The van der Waals surface area contributed by atoms with Crippen molar-refractivity contribution < 1.29 is 15.3 Å². The molecule has 0 aliphatic heterocycles. The molecule has 3 nitrogen and oxygen atoms in total. The quantitative estimate of drug-likeness (QED) is 0.285. The Bertz CT molecular complexity index is 187. The zero-order valence-electron chi connectivity index (χ0n) is 16.8. The molecule has 0 spiro atoms. The van der Waals surface area contributed by atoms with E-state index >= 15 is 0 Å². The van der Waals surface area contributed by atoms with Gasteiger partial charge in [-0.25, -0.2) is 0 Å². The van der Waals surface area contributed by atoms with Crippen molar-refractivity contribution in [3.8, 4) is 0 Å². The van der Waals surface area contributed by atoms with Crippen LogP contribution in [0.5, 0.6) is 0 Å². The first kappa shape index (κ1) is 29.6. The predicted molar refractivity (Wildman–Crippen MR) is 112 cm³/mol. The summed E-state index contributed by atoms with van der Waals surface area (Å²) in [5.74, 6) is 0. The van der Waals surface area contributed by atoms with Crippen molar-refractivity contribution in [1.82, 2.24) is 0 Å². The van der Waals surface area contributed by atoms with Crippen LogP contribution in [0.4, 0.5) is 0 Å². The van der Waals surface area contributed by atoms with E-state index in [1.54, 1.807) is 0 Å². The normalized spacial score (nSPS) is 12.7. The zero-order valence-corrected chi connectivity index (χ0v) is 16.8. The Morgan fingerprint density at radius 3 is 1.28 bits per heavy atom. The van der Waals surface area contributed by atoms with Crippen molar-refractivity contribution in [2.24, 2.45) is 0 Å². The lowest BCUT2D eigenvalue weighted by Crippen LogP contribution is -2.08. The van der Waals surface area contributed by atoms with Crippen LogP contribution < -0.4 is 0 Å². The van der Waals surface area contributed by atoms with Gasteiger partial charge in [0.25, 0.3) is 0 Å². The highest BCUT2D eigenvalue weighted by atomic mass is 16.3. The van der Waals surface area contributed by atoms with Gasteiger partial charge in [0.2, 0.25) is 0 Å². The molecule has 0 rings (SSSR count). The fourth-order valence-electron chi connectivity index (χ4n) is 2.74. The largest absolute Gasteiger partial charge is 0.396 e. The molecule has 3 heteroatoms. The number of unbranched alkanes of at least 4 members (excludes halogenated alkanes) is 8. The Morgan fingerprint density at radius 1 is 0.520 bits per heavy atom. The number of aliphatic hydroxyl groups is 3. The van der Waals surface area contributed by atoms with Crippen molar-refractivity contribution in [1.29, 1.82) is 0 Å². The first-order chi connectivity index (χ1) is 11.6. The second kappa shape index (κ2) is 26.1. The number of aliphatic hydroxyl groups excluding tert-OH is 3. The Labute approximate surface area is 159 Å². The maximum absolute atomic E-state index is 9.41. The lowest BCUT2D eigenvalue weighted by atomic mass is 10.1. The van der Waals surface area contributed by atoms with Gasteiger partial charge >= 0.3 is 0 Å². The van der Waals surface area contributed by atoms with Crippen molar-refractivity contribution in [2.75, 3.05) is 6.61 Å². The van der Waals surface area contributed by atoms with Crippen LogP contribution in [0.1, 0.15) is 125 Å². The van der Waals surface area contributed by atoms with Gasteiger partial charge in [0.05, 0.1) is 12.2 Å². The standard InChI is InChI=1S/C11H24O.C10H22O2.CH4/c1-3-5-6-7-8-10-11(12)9-4-2;1-2-3-4-5-6-7-10(12)8-9-11;/h11-12H,3-10H2,1-2H3;10-12H,2-9H2,1H3;1H4/t11-;10-;/m01./s1. The average Bonchev–Trinajstić information content (AvgIpc) is 2.56. The zero-order chi connectivity index (χ0) is 18.5. The maximum Gasteiger partial charge on any atom is 0.0562 e. The lowest BCUT2D eigenvalue weighted by Gasteiger charge is -2.07. The topological polar surface area (TPSA) is 60.7 Å². The second-order valence-corrected chi connectivity index (χ2v) is 7.01. The van der Waals surface area contributed by atoms with Crippen molar-refractivity contribution >= 4 is 0 Å². The van der Waals surface area contributed by atoms with Gasteiger partial charge < -0.3 is 15.3 Å². The minimum absolute atomic E-state index is 0. The van der Waals surface area contributed by atoms with Crippen LogP contribution >= 0.6 is 0 Å². The highest BCUT2D eigenvalue weighted by Crippen LogP contribution is 2.10. The maximum atomic E-state index is 9.41. The monoisotopic (exact) mass is 362 g/mol. The van der Waals surface area contributed by atoms with E-state index in [-0.39, 0.29) is 26.2 Å². The van der Waals surface area contributed by atoms with Gasteiger partial charge in [0.1, 0.15) is 0 Å². The van der Waals surface area contributed by atoms with Crippen LogP contribution in [-0.2, 0) is 0 Å². The average molecular weight is 363 g/mol. The molecule has 3 N–H and O–H groups in total. The molecule has 0 aromatic rings. The predicted octanol–water partition coefficient (Wildman–Crippen LogP) is 6.23. The van der Waals surface area contributed by atoms with Gasteiger partial charge in [-0.2, -0.15) is 0 Å². The molecule has 2 atom stereocenters. The van der Waals surface area contributed by atoms with Crippen molar-refractivity contribution in [3.05, 3.63) is 0 Å². The number of rotatable bonds is 16. The van der Waals surface area contributed by atoms with Crippen LogP contribution in [0.2, 0.25) is 0 Å². The summed E-state index contributed by atoms with van der Waals surface area (Å²) in [6.45, 7) is 6.66. The molecule has 0 aromatic carbocycles. The molecule has 0 aliphatic carbocycles. The minimum atomic E-state index is -0.281. The highest BCUT2D eigenvalue weighted by Gasteiger charge is 2.02. The van der Waals surface area contributed by atoms with Crippen LogP contribution in [0.25, 0.3) is 0 Å². The third-order valence-corrected chi connectivity index (χ3v) is 4.37. The van der Waals surface area contributed by atoms with E-state index in [4.69, 9.17) is 5.11 Å². The SMILES string of the molecule is C.CCCCCCC[C@@H](O)CCC.CCCCCCC[C@@H](O)CCO. The van der Waals surface area contributed by atoms with Crippen molar-refractivity contribution in [3.63, 3.8) is 0 Å². The summed E-state index contributed by atoms with van der Waals surface area (Å²) in [6, 6.07) is 0. The molecule has 0 bridgehead atoms. The fraction of sp³-hybridized carbons (Fsp3) is 1.00. The van der Waals surface area contributed by atoms with Crippen LogP contribution in [0.15, 0.2) is 0 Å². The Kier molecular flexibility index (Phi) is 31.0. The molecule has 0 saturated carbocycles. The fourth-order valence-corrected chi connectivity index (χ4v) is 2.74. The minimum Gasteiger partial charge on any atom is -0.396 e. The van der Waals surface area contributed by atoms with Crippen LogP contribution in [0.3, 0.4) is 0 Å². The Hall–Kier alpha value is -0.120. The van der Waals surface area contributed by atoms with Gasteiger partial charge in [0.15, 0.2) is 0 Å². The first-order valence-electron chi connectivity index (χ1n) is 10.6. The van der Waals surface area contributed by atoms with Gasteiger partial charge in [-0.15, -0.1) is 0 Å². The summed E-state index contributed by atoms with van der Waals surface area (Å²) >= 11 is 0. The van der Waals surface area contributed by atoms with E-state index in [1.165, 1.54) is 57.8 Å². The molecule has 156 valence electrons. The van der Waals surface area contributed by atoms with E-state index in [0.29, 0.717) is 6.42 Å². The Morgan fingerprint density at radius 2 is 0.920 bits per heavy atom. The summed E-state index contributed by atoms with van der Waals surface area (Å²) in [5.41, 5.74) is 0. The molecule has 0 fully saturated rings. The number of hydrogen-bond donors (Lipinski definition) is 3. The molecule has 0 aromatic heterocycles. The smallest absolute Gasteiger partial charge is 0.0562 e. The highest BCUT2D eigenvalue weighted by molar-refractivity contribution is 4.55. The molecule has 25 heavy (non-hydrogen) atoms. The van der Waals surface area contributed by atoms with Gasteiger partial charge in [-0.3, -0.25) is 0 Å². The van der Waals surface area contributed by atoms with E-state index < -0.39 is 0 Å². The third kappa shape index (κ3) is 28.9. The van der Waals surface area contributed by atoms with Gasteiger partial charge in [0, 0.05) is 6.61 Å². The van der Waals surface area contributed by atoms with E-state index in [9.17, 15) is 10.2 Å². The van der Waals surface area contributed by atoms with Gasteiger partial charge in [-0.05, 0) is 25.7 Å². The molecule has 0 heterocycles. The van der Waals surface area contributed by atoms with E-state index in [1.807, 2.05) is 0 Å². The van der Waals surface area contributed by atoms with E-state index in [2.05, 4.69) is 20.8 Å². The summed E-state index contributed by atoms with van der Waals surface area (Å²) in [5, 5.41) is 27.2. The molecular formula is C22H50O3. The van der Waals surface area contributed by atoms with Gasteiger partial charge in [-0.1, -0.05) is 98.8 Å². The molecule has 0 aliphatic rings. The molecular weight excluding hydrogens is 312 g/mol. The number of hydrogen-bond acceptors (Lipinski definition) is 3. The van der Waals surface area contributed by atoms with Crippen LogP contribution in [-0.4, -0.2) is 34.1 Å². The van der Waals surface area contributed by atoms with Crippen LogP contribution in [0, 0.1) is 0 Å². The third-order valence-electron chi connectivity index (χ3n) is 4.37. The second-order valence-electron chi connectivity index (χ2n) is 7.01. The molecule has 0 amide bonds. The summed E-state index contributed by atoms with van der Waals surface area (Å²) < 4.78 is 0. The molecule has 0 saturated heterocycles. The lowest BCUT2D eigenvalue weighted by molar-refractivity contribution is 0.122. The molecule has 0 unspecified atom stereocenters.